The quantitative estimate of drug-likeness (QED) is 0.841. The Labute approximate surface area is 105 Å². The van der Waals surface area contributed by atoms with Crippen molar-refractivity contribution >= 4 is 5.82 Å². The fraction of sp³-hybridized carbons (Fsp3) is 0.231. The predicted octanol–water partition coefficient (Wildman–Crippen LogP) is 2.71. The maximum Gasteiger partial charge on any atom is 0.140 e. The molecule has 0 saturated carbocycles. The molecule has 1 heterocycles. The van der Waals surface area contributed by atoms with Gasteiger partial charge in [0.1, 0.15) is 29.0 Å². The molecule has 2 aromatic rings. The zero-order valence-corrected chi connectivity index (χ0v) is 10.6. The summed E-state index contributed by atoms with van der Waals surface area (Å²) in [6, 6.07) is 8.09. The minimum Gasteiger partial charge on any atom is -0.383 e. The highest BCUT2D eigenvalue weighted by molar-refractivity contribution is 5.72. The van der Waals surface area contributed by atoms with Gasteiger partial charge >= 0.3 is 0 Å². The molecule has 0 spiro atoms. The monoisotopic (exact) mass is 246 g/mol. The molecule has 2 N–H and O–H groups in total. The van der Waals surface area contributed by atoms with E-state index in [4.69, 9.17) is 11.0 Å². The zero-order chi connectivity index (χ0) is 13.7. The number of anilines is 1. The van der Waals surface area contributed by atoms with E-state index in [1.165, 1.54) is 10.7 Å². The van der Waals surface area contributed by atoms with E-state index in [-0.39, 0.29) is 22.6 Å². The first-order valence-corrected chi connectivity index (χ1v) is 5.62. The standard InChI is InChI=1S/C11H9FN4.C2H6/c1-16-11(14)8(6-13)10(15-16)7-4-2-3-5-9(7)12;1-2/h2-5H,14H2,1H3;1-2H3. The molecule has 0 aliphatic rings. The van der Waals surface area contributed by atoms with Gasteiger partial charge < -0.3 is 5.73 Å². The highest BCUT2D eigenvalue weighted by atomic mass is 19.1. The molecule has 0 amide bonds. The first-order valence-electron chi connectivity index (χ1n) is 5.62. The molecular formula is C13H15FN4. The fourth-order valence-corrected chi connectivity index (χ4v) is 1.49. The second-order valence-electron chi connectivity index (χ2n) is 3.32. The summed E-state index contributed by atoms with van der Waals surface area (Å²) in [6.07, 6.45) is 0. The number of hydrogen-bond acceptors (Lipinski definition) is 3. The van der Waals surface area contributed by atoms with Gasteiger partial charge in [0.15, 0.2) is 0 Å². The van der Waals surface area contributed by atoms with Crippen LogP contribution in [0.1, 0.15) is 19.4 Å². The summed E-state index contributed by atoms with van der Waals surface area (Å²) >= 11 is 0. The van der Waals surface area contributed by atoms with Gasteiger partial charge in [-0.25, -0.2) is 4.39 Å². The van der Waals surface area contributed by atoms with Crippen LogP contribution in [0.3, 0.4) is 0 Å². The molecule has 0 bridgehead atoms. The molecule has 0 aliphatic carbocycles. The Bertz CT molecular complexity index is 581. The van der Waals surface area contributed by atoms with Crippen LogP contribution in [0.2, 0.25) is 0 Å². The van der Waals surface area contributed by atoms with Gasteiger partial charge in [0.25, 0.3) is 0 Å². The van der Waals surface area contributed by atoms with Crippen molar-refractivity contribution < 1.29 is 4.39 Å². The summed E-state index contributed by atoms with van der Waals surface area (Å²) < 4.78 is 14.9. The van der Waals surface area contributed by atoms with Gasteiger partial charge in [-0.3, -0.25) is 4.68 Å². The third-order valence-electron chi connectivity index (χ3n) is 2.33. The average Bonchev–Trinajstić information content (AvgIpc) is 2.68. The summed E-state index contributed by atoms with van der Waals surface area (Å²) in [5.74, 6) is -0.183. The second-order valence-corrected chi connectivity index (χ2v) is 3.32. The van der Waals surface area contributed by atoms with Crippen molar-refractivity contribution in [2.75, 3.05) is 5.73 Å². The molecule has 0 unspecified atom stereocenters. The van der Waals surface area contributed by atoms with Gasteiger partial charge in [-0.15, -0.1) is 0 Å². The fourth-order valence-electron chi connectivity index (χ4n) is 1.49. The summed E-state index contributed by atoms with van der Waals surface area (Å²) in [5, 5.41) is 13.0. The molecular weight excluding hydrogens is 231 g/mol. The third-order valence-corrected chi connectivity index (χ3v) is 2.33. The van der Waals surface area contributed by atoms with Crippen LogP contribution in [-0.2, 0) is 7.05 Å². The Morgan fingerprint density at radius 3 is 2.50 bits per heavy atom. The maximum absolute atomic E-state index is 13.5. The first-order chi connectivity index (χ1) is 8.65. The number of nitrogens with two attached hydrogens (primary N) is 1. The highest BCUT2D eigenvalue weighted by Crippen LogP contribution is 2.27. The van der Waals surface area contributed by atoms with E-state index in [2.05, 4.69) is 5.10 Å². The van der Waals surface area contributed by atoms with E-state index < -0.39 is 5.82 Å². The number of aromatic nitrogens is 2. The molecule has 94 valence electrons. The minimum absolute atomic E-state index is 0.201. The van der Waals surface area contributed by atoms with Crippen molar-refractivity contribution in [3.05, 3.63) is 35.6 Å². The molecule has 0 atom stereocenters. The number of aryl methyl sites for hydroxylation is 1. The van der Waals surface area contributed by atoms with Crippen LogP contribution in [-0.4, -0.2) is 9.78 Å². The average molecular weight is 246 g/mol. The molecule has 1 aromatic heterocycles. The van der Waals surface area contributed by atoms with Crippen molar-refractivity contribution in [3.63, 3.8) is 0 Å². The number of rotatable bonds is 1. The van der Waals surface area contributed by atoms with Crippen LogP contribution in [0, 0.1) is 17.1 Å². The molecule has 0 saturated heterocycles. The molecule has 5 heteroatoms. The first kappa shape index (κ1) is 13.7. The number of hydrogen-bond donors (Lipinski definition) is 1. The molecule has 4 nitrogen and oxygen atoms in total. The Hall–Kier alpha value is -2.35. The number of benzene rings is 1. The molecule has 1 aromatic carbocycles. The van der Waals surface area contributed by atoms with Crippen molar-refractivity contribution in [2.24, 2.45) is 7.05 Å². The topological polar surface area (TPSA) is 67.6 Å². The maximum atomic E-state index is 13.5. The van der Waals surface area contributed by atoms with Crippen LogP contribution >= 0.6 is 0 Å². The number of nitrogen functional groups attached to an aromatic ring is 1. The van der Waals surface area contributed by atoms with Crippen molar-refractivity contribution in [2.45, 2.75) is 13.8 Å². The van der Waals surface area contributed by atoms with Gasteiger partial charge in [-0.2, -0.15) is 10.4 Å². The van der Waals surface area contributed by atoms with Crippen molar-refractivity contribution in [3.8, 4) is 17.3 Å². The summed E-state index contributed by atoms with van der Waals surface area (Å²) in [4.78, 5) is 0. The Balaban J connectivity index is 0.000000771. The van der Waals surface area contributed by atoms with Crippen LogP contribution in [0.5, 0.6) is 0 Å². The molecule has 2 rings (SSSR count). The molecule has 0 fully saturated rings. The van der Waals surface area contributed by atoms with E-state index in [0.29, 0.717) is 0 Å². The van der Waals surface area contributed by atoms with Crippen LogP contribution in [0.15, 0.2) is 24.3 Å². The second kappa shape index (κ2) is 5.82. The highest BCUT2D eigenvalue weighted by Gasteiger charge is 2.17. The number of nitrogens with zero attached hydrogens (tertiary/aromatic N) is 3. The van der Waals surface area contributed by atoms with E-state index in [9.17, 15) is 4.39 Å². The summed E-state index contributed by atoms with van der Waals surface area (Å²) in [5.41, 5.74) is 6.42. The Kier molecular flexibility index (Phi) is 4.44. The van der Waals surface area contributed by atoms with Gasteiger partial charge in [0, 0.05) is 12.6 Å². The van der Waals surface area contributed by atoms with Gasteiger partial charge in [-0.1, -0.05) is 26.0 Å². The van der Waals surface area contributed by atoms with Gasteiger partial charge in [0.05, 0.1) is 0 Å². The van der Waals surface area contributed by atoms with Crippen LogP contribution in [0.25, 0.3) is 11.3 Å². The van der Waals surface area contributed by atoms with E-state index in [1.807, 2.05) is 19.9 Å². The lowest BCUT2D eigenvalue weighted by atomic mass is 10.1. The normalized spacial score (nSPS) is 9.28. The van der Waals surface area contributed by atoms with Crippen molar-refractivity contribution in [1.29, 1.82) is 5.26 Å². The minimum atomic E-state index is -0.419. The van der Waals surface area contributed by atoms with Gasteiger partial charge in [-0.05, 0) is 12.1 Å². The largest absolute Gasteiger partial charge is 0.383 e. The van der Waals surface area contributed by atoms with E-state index in [1.54, 1.807) is 25.2 Å². The Morgan fingerprint density at radius 2 is 1.94 bits per heavy atom. The van der Waals surface area contributed by atoms with Crippen LogP contribution in [0.4, 0.5) is 10.2 Å². The molecule has 0 aliphatic heterocycles. The summed E-state index contributed by atoms with van der Waals surface area (Å²) in [7, 11) is 1.61. The summed E-state index contributed by atoms with van der Waals surface area (Å²) in [6.45, 7) is 4.00. The lowest BCUT2D eigenvalue weighted by Crippen LogP contribution is -1.97. The van der Waals surface area contributed by atoms with Crippen molar-refractivity contribution in [1.82, 2.24) is 9.78 Å². The van der Waals surface area contributed by atoms with E-state index >= 15 is 0 Å². The van der Waals surface area contributed by atoms with Crippen LogP contribution < -0.4 is 5.73 Å². The Morgan fingerprint density at radius 1 is 1.33 bits per heavy atom. The third kappa shape index (κ3) is 2.33. The molecule has 0 radical (unpaired) electrons. The predicted molar refractivity (Wildman–Crippen MR) is 69.1 cm³/mol. The zero-order valence-electron chi connectivity index (χ0n) is 10.6. The van der Waals surface area contributed by atoms with E-state index in [0.717, 1.165) is 0 Å². The SMILES string of the molecule is CC.Cn1nc(-c2ccccc2F)c(C#N)c1N. The lowest BCUT2D eigenvalue weighted by molar-refractivity contribution is 0.630. The van der Waals surface area contributed by atoms with Gasteiger partial charge in [0.2, 0.25) is 0 Å². The lowest BCUT2D eigenvalue weighted by Gasteiger charge is -1.98. The number of nitriles is 1. The molecule has 18 heavy (non-hydrogen) atoms. The smallest absolute Gasteiger partial charge is 0.140 e. The number of halogens is 1.